The molecule has 0 radical (unpaired) electrons. The highest BCUT2D eigenvalue weighted by atomic mass is 19.3. The van der Waals surface area contributed by atoms with E-state index in [0.29, 0.717) is 0 Å². The number of hydrogen-bond acceptors (Lipinski definition) is 6. The standard InChI is InChI=1S/C15H16F2N4O4/c1-11(22)25-9-8-20-7-5-18-13(14(20)23)19-10-15(16,17)12-4-2-3-6-21(12)24/h2-7H,8-10H2,1H3,(H,18,19). The first-order chi connectivity index (χ1) is 11.8. The molecule has 0 aromatic carbocycles. The highest BCUT2D eigenvalue weighted by Crippen LogP contribution is 2.24. The maximum Gasteiger partial charge on any atom is 0.347 e. The van der Waals surface area contributed by atoms with E-state index in [1.165, 1.54) is 36.0 Å². The molecule has 0 aliphatic rings. The molecule has 2 aromatic rings. The minimum Gasteiger partial charge on any atom is -0.618 e. The molecule has 2 heterocycles. The third-order valence-electron chi connectivity index (χ3n) is 3.23. The smallest absolute Gasteiger partial charge is 0.347 e. The number of rotatable bonds is 7. The molecule has 0 saturated carbocycles. The Hall–Kier alpha value is -3.04. The summed E-state index contributed by atoms with van der Waals surface area (Å²) in [4.78, 5) is 26.6. The van der Waals surface area contributed by atoms with Gasteiger partial charge in [-0.2, -0.15) is 13.5 Å². The van der Waals surface area contributed by atoms with Crippen LogP contribution in [0.2, 0.25) is 0 Å². The SMILES string of the molecule is CC(=O)OCCn1ccnc(NCC(F)(F)c2cccc[n+]2[O-])c1=O. The number of nitrogens with zero attached hydrogens (tertiary/aromatic N) is 3. The molecule has 0 atom stereocenters. The number of carbonyl (C=O) groups excluding carboxylic acids is 1. The second-order valence-corrected chi connectivity index (χ2v) is 5.08. The second-order valence-electron chi connectivity index (χ2n) is 5.08. The monoisotopic (exact) mass is 354 g/mol. The maximum atomic E-state index is 14.1. The normalized spacial score (nSPS) is 11.2. The molecule has 8 nitrogen and oxygen atoms in total. The summed E-state index contributed by atoms with van der Waals surface area (Å²) in [5.41, 5.74) is -1.39. The molecule has 25 heavy (non-hydrogen) atoms. The molecule has 0 aliphatic heterocycles. The van der Waals surface area contributed by atoms with E-state index in [0.717, 1.165) is 12.3 Å². The lowest BCUT2D eigenvalue weighted by Crippen LogP contribution is -2.41. The van der Waals surface area contributed by atoms with Crippen molar-refractivity contribution in [1.29, 1.82) is 0 Å². The largest absolute Gasteiger partial charge is 0.618 e. The fraction of sp³-hybridized carbons (Fsp3) is 0.333. The Morgan fingerprint density at radius 1 is 1.48 bits per heavy atom. The third kappa shape index (κ3) is 4.72. The van der Waals surface area contributed by atoms with Gasteiger partial charge in [0.25, 0.3) is 11.3 Å². The Morgan fingerprint density at radius 3 is 2.92 bits per heavy atom. The van der Waals surface area contributed by atoms with Crippen LogP contribution in [0.15, 0.2) is 41.6 Å². The minimum atomic E-state index is -3.50. The summed E-state index contributed by atoms with van der Waals surface area (Å²) in [7, 11) is 0. The van der Waals surface area contributed by atoms with Gasteiger partial charge in [-0.1, -0.05) is 0 Å². The van der Waals surface area contributed by atoms with Crippen LogP contribution in [0, 0.1) is 5.21 Å². The number of aromatic nitrogens is 3. The van der Waals surface area contributed by atoms with Gasteiger partial charge >= 0.3 is 11.9 Å². The van der Waals surface area contributed by atoms with Crippen LogP contribution in [0.4, 0.5) is 14.6 Å². The van der Waals surface area contributed by atoms with Crippen molar-refractivity contribution in [2.75, 3.05) is 18.5 Å². The molecule has 1 N–H and O–H groups in total. The lowest BCUT2D eigenvalue weighted by Gasteiger charge is -2.16. The quantitative estimate of drug-likeness (QED) is 0.445. The molecular weight excluding hydrogens is 338 g/mol. The summed E-state index contributed by atoms with van der Waals surface area (Å²) >= 11 is 0. The van der Waals surface area contributed by atoms with Gasteiger partial charge in [-0.05, 0) is 6.07 Å². The molecule has 0 spiro atoms. The molecule has 2 aromatic heterocycles. The zero-order valence-corrected chi connectivity index (χ0v) is 13.3. The van der Waals surface area contributed by atoms with Crippen LogP contribution in [0.25, 0.3) is 0 Å². The van der Waals surface area contributed by atoms with Crippen LogP contribution in [-0.4, -0.2) is 28.7 Å². The predicted molar refractivity (Wildman–Crippen MR) is 82.9 cm³/mol. The van der Waals surface area contributed by atoms with Gasteiger partial charge in [0.2, 0.25) is 0 Å². The highest BCUT2D eigenvalue weighted by molar-refractivity contribution is 5.65. The summed E-state index contributed by atoms with van der Waals surface area (Å²) in [5, 5.41) is 13.7. The first-order valence-electron chi connectivity index (χ1n) is 7.30. The molecule has 0 amide bonds. The first kappa shape index (κ1) is 18.3. The van der Waals surface area contributed by atoms with Gasteiger partial charge in [-0.15, -0.1) is 0 Å². The van der Waals surface area contributed by atoms with E-state index in [1.54, 1.807) is 0 Å². The molecule has 0 fully saturated rings. The average Bonchev–Trinajstić information content (AvgIpc) is 2.55. The van der Waals surface area contributed by atoms with Crippen molar-refractivity contribution in [3.8, 4) is 0 Å². The van der Waals surface area contributed by atoms with E-state index in [4.69, 9.17) is 4.74 Å². The average molecular weight is 354 g/mol. The van der Waals surface area contributed by atoms with Crippen molar-refractivity contribution in [1.82, 2.24) is 9.55 Å². The number of ether oxygens (including phenoxy) is 1. The van der Waals surface area contributed by atoms with Crippen LogP contribution in [-0.2, 0) is 22.0 Å². The number of anilines is 1. The highest BCUT2D eigenvalue weighted by Gasteiger charge is 2.39. The van der Waals surface area contributed by atoms with Crippen molar-refractivity contribution < 1.29 is 23.0 Å². The zero-order chi connectivity index (χ0) is 18.4. The van der Waals surface area contributed by atoms with Crippen molar-refractivity contribution in [3.63, 3.8) is 0 Å². The van der Waals surface area contributed by atoms with Crippen LogP contribution in [0.5, 0.6) is 0 Å². The van der Waals surface area contributed by atoms with Gasteiger partial charge in [-0.3, -0.25) is 9.59 Å². The van der Waals surface area contributed by atoms with Crippen LogP contribution in [0.1, 0.15) is 12.6 Å². The molecule has 0 aliphatic carbocycles. The van der Waals surface area contributed by atoms with E-state index in [9.17, 15) is 23.6 Å². The van der Waals surface area contributed by atoms with Crippen LogP contribution in [0.3, 0.4) is 0 Å². The van der Waals surface area contributed by atoms with Gasteiger partial charge in [0.1, 0.15) is 6.61 Å². The van der Waals surface area contributed by atoms with Gasteiger partial charge in [0.15, 0.2) is 12.0 Å². The van der Waals surface area contributed by atoms with Crippen molar-refractivity contribution >= 4 is 11.8 Å². The summed E-state index contributed by atoms with van der Waals surface area (Å²) in [6, 6.07) is 3.66. The molecule has 2 rings (SSSR count). The number of nitrogens with one attached hydrogen (secondary N) is 1. The lowest BCUT2D eigenvalue weighted by atomic mass is 10.2. The van der Waals surface area contributed by atoms with E-state index < -0.39 is 29.7 Å². The minimum absolute atomic E-state index is 0.0327. The summed E-state index contributed by atoms with van der Waals surface area (Å²) in [6.07, 6.45) is 3.57. The predicted octanol–water partition coefficient (Wildman–Crippen LogP) is 0.644. The lowest BCUT2D eigenvalue weighted by molar-refractivity contribution is -0.624. The van der Waals surface area contributed by atoms with Crippen molar-refractivity contribution in [2.45, 2.75) is 19.4 Å². The Balaban J connectivity index is 2.09. The number of hydrogen-bond donors (Lipinski definition) is 1. The maximum absolute atomic E-state index is 14.1. The Bertz CT molecular complexity index is 810. The van der Waals surface area contributed by atoms with Gasteiger partial charge in [0, 0.05) is 31.5 Å². The number of halogens is 2. The fourth-order valence-corrected chi connectivity index (χ4v) is 2.03. The third-order valence-corrected chi connectivity index (χ3v) is 3.23. The van der Waals surface area contributed by atoms with Crippen molar-refractivity contribution in [2.24, 2.45) is 0 Å². The van der Waals surface area contributed by atoms with E-state index >= 15 is 0 Å². The van der Waals surface area contributed by atoms with E-state index in [2.05, 4.69) is 10.3 Å². The summed E-state index contributed by atoms with van der Waals surface area (Å²) in [6.45, 7) is 0.284. The van der Waals surface area contributed by atoms with Crippen molar-refractivity contribution in [3.05, 3.63) is 58.0 Å². The molecule has 134 valence electrons. The Labute approximate surface area is 141 Å². The van der Waals surface area contributed by atoms with Gasteiger partial charge in [-0.25, -0.2) is 4.98 Å². The van der Waals surface area contributed by atoms with Gasteiger partial charge in [0.05, 0.1) is 13.1 Å². The molecule has 0 bridgehead atoms. The molecule has 0 unspecified atom stereocenters. The van der Waals surface area contributed by atoms with E-state index in [-0.39, 0.29) is 23.7 Å². The zero-order valence-electron chi connectivity index (χ0n) is 13.3. The molecular formula is C15H16F2N4O4. The second kappa shape index (κ2) is 7.69. The summed E-state index contributed by atoms with van der Waals surface area (Å²) < 4.78 is 34.3. The van der Waals surface area contributed by atoms with Gasteiger partial charge < -0.3 is 19.8 Å². The Morgan fingerprint density at radius 2 is 2.24 bits per heavy atom. The number of alkyl halides is 2. The Kier molecular flexibility index (Phi) is 5.63. The number of pyridine rings is 1. The van der Waals surface area contributed by atoms with Crippen LogP contribution < -0.4 is 15.6 Å². The van der Waals surface area contributed by atoms with E-state index in [1.807, 2.05) is 0 Å². The van der Waals surface area contributed by atoms with Crippen LogP contribution >= 0.6 is 0 Å². The molecule has 10 heteroatoms. The number of esters is 1. The molecule has 0 saturated heterocycles. The first-order valence-corrected chi connectivity index (χ1v) is 7.30. The number of carbonyl (C=O) groups is 1. The fourth-order valence-electron chi connectivity index (χ4n) is 2.03. The topological polar surface area (TPSA) is 100 Å². The summed E-state index contributed by atoms with van der Waals surface area (Å²) in [5.74, 6) is -4.29.